The van der Waals surface area contributed by atoms with Gasteiger partial charge >= 0.3 is 5.97 Å². The third kappa shape index (κ3) is 2.53. The normalized spacial score (nSPS) is 16.1. The molecule has 18 heavy (non-hydrogen) atoms. The minimum Gasteiger partial charge on any atom is -0.479 e. The maximum absolute atomic E-state index is 11.4. The van der Waals surface area contributed by atoms with Crippen LogP contribution in [0.2, 0.25) is 0 Å². The fourth-order valence-electron chi connectivity index (χ4n) is 2.11. The van der Waals surface area contributed by atoms with Crippen LogP contribution in [0.25, 0.3) is 0 Å². The highest BCUT2D eigenvalue weighted by molar-refractivity contribution is 5.78. The van der Waals surface area contributed by atoms with Gasteiger partial charge in [-0.05, 0) is 30.4 Å². The monoisotopic (exact) mass is 247 g/mol. The van der Waals surface area contributed by atoms with Crippen molar-refractivity contribution in [2.75, 3.05) is 0 Å². The number of carboxylic acid groups (broad SMARTS) is 1. The van der Waals surface area contributed by atoms with E-state index < -0.39 is 12.0 Å². The van der Waals surface area contributed by atoms with Crippen LogP contribution in [0.5, 0.6) is 0 Å². The summed E-state index contributed by atoms with van der Waals surface area (Å²) < 4.78 is 0. The molecule has 1 fully saturated rings. The Morgan fingerprint density at radius 3 is 2.44 bits per heavy atom. The molecule has 1 aliphatic rings. The summed E-state index contributed by atoms with van der Waals surface area (Å²) in [4.78, 5) is 23.9. The first-order valence-corrected chi connectivity index (χ1v) is 6.21. The van der Waals surface area contributed by atoms with Crippen molar-refractivity contribution in [3.05, 3.63) is 35.4 Å². The molecular weight excluding hydrogens is 230 g/mol. The van der Waals surface area contributed by atoms with E-state index in [-0.39, 0.29) is 6.04 Å². The molecule has 0 bridgehead atoms. The van der Waals surface area contributed by atoms with Crippen LogP contribution in [0.1, 0.15) is 36.9 Å². The summed E-state index contributed by atoms with van der Waals surface area (Å²) in [5.41, 5.74) is 1.82. The van der Waals surface area contributed by atoms with Crippen LogP contribution in [-0.2, 0) is 16.0 Å². The summed E-state index contributed by atoms with van der Waals surface area (Å²) >= 11 is 0. The molecule has 2 rings (SSSR count). The van der Waals surface area contributed by atoms with Crippen molar-refractivity contribution < 1.29 is 14.7 Å². The van der Waals surface area contributed by atoms with Crippen LogP contribution in [0.15, 0.2) is 24.3 Å². The largest absolute Gasteiger partial charge is 0.479 e. The van der Waals surface area contributed by atoms with Crippen molar-refractivity contribution >= 4 is 12.4 Å². The Morgan fingerprint density at radius 2 is 2.06 bits per heavy atom. The lowest BCUT2D eigenvalue weighted by molar-refractivity contribution is -0.147. The molecular formula is C14H17NO3. The smallest absolute Gasteiger partial charge is 0.331 e. The lowest BCUT2D eigenvalue weighted by Gasteiger charge is -2.25. The second kappa shape index (κ2) is 5.21. The lowest BCUT2D eigenvalue weighted by atomic mass is 10.0. The molecule has 4 heteroatoms. The number of rotatable bonds is 6. The predicted molar refractivity (Wildman–Crippen MR) is 67.1 cm³/mol. The first-order valence-electron chi connectivity index (χ1n) is 6.21. The lowest BCUT2D eigenvalue weighted by Crippen LogP contribution is -2.34. The highest BCUT2D eigenvalue weighted by Gasteiger charge is 2.37. The zero-order chi connectivity index (χ0) is 13.1. The molecule has 1 N–H and O–H groups in total. The van der Waals surface area contributed by atoms with E-state index in [9.17, 15) is 14.7 Å². The van der Waals surface area contributed by atoms with Gasteiger partial charge in [0.1, 0.15) is 0 Å². The maximum atomic E-state index is 11.4. The molecule has 1 unspecified atom stereocenters. The van der Waals surface area contributed by atoms with E-state index in [1.807, 2.05) is 19.1 Å². The van der Waals surface area contributed by atoms with Crippen molar-refractivity contribution in [2.45, 2.75) is 38.3 Å². The third-order valence-electron chi connectivity index (χ3n) is 3.33. The minimum atomic E-state index is -0.974. The number of hydrogen-bond acceptors (Lipinski definition) is 2. The minimum absolute atomic E-state index is 0.0921. The number of aliphatic carboxylic acids is 1. The van der Waals surface area contributed by atoms with Gasteiger partial charge in [0, 0.05) is 6.04 Å². The Balaban J connectivity index is 2.27. The Kier molecular flexibility index (Phi) is 3.65. The van der Waals surface area contributed by atoms with Crippen LogP contribution in [0, 0.1) is 0 Å². The maximum Gasteiger partial charge on any atom is 0.331 e. The summed E-state index contributed by atoms with van der Waals surface area (Å²) in [7, 11) is 0. The van der Waals surface area contributed by atoms with Gasteiger partial charge in [0.2, 0.25) is 6.41 Å². The average Bonchev–Trinajstić information content (AvgIpc) is 3.20. The quantitative estimate of drug-likeness (QED) is 0.782. The van der Waals surface area contributed by atoms with E-state index in [1.54, 1.807) is 12.1 Å². The highest BCUT2D eigenvalue weighted by Crippen LogP contribution is 2.33. The third-order valence-corrected chi connectivity index (χ3v) is 3.33. The molecule has 1 atom stereocenters. The Labute approximate surface area is 106 Å². The van der Waals surface area contributed by atoms with Gasteiger partial charge in [-0.2, -0.15) is 0 Å². The van der Waals surface area contributed by atoms with Crippen molar-refractivity contribution in [3.63, 3.8) is 0 Å². The number of amides is 1. The van der Waals surface area contributed by atoms with Gasteiger partial charge in [0.25, 0.3) is 0 Å². The summed E-state index contributed by atoms with van der Waals surface area (Å²) in [5, 5.41) is 9.33. The van der Waals surface area contributed by atoms with Crippen molar-refractivity contribution in [2.24, 2.45) is 0 Å². The van der Waals surface area contributed by atoms with Crippen LogP contribution in [0.4, 0.5) is 0 Å². The van der Waals surface area contributed by atoms with Gasteiger partial charge < -0.3 is 10.0 Å². The Hall–Kier alpha value is -1.84. The van der Waals surface area contributed by atoms with Gasteiger partial charge in [-0.1, -0.05) is 31.2 Å². The molecule has 4 nitrogen and oxygen atoms in total. The second-order valence-corrected chi connectivity index (χ2v) is 4.62. The molecule has 0 aromatic heterocycles. The van der Waals surface area contributed by atoms with Gasteiger partial charge in [-0.15, -0.1) is 0 Å². The number of aryl methyl sites for hydroxylation is 1. The molecule has 0 saturated heterocycles. The topological polar surface area (TPSA) is 57.6 Å². The Morgan fingerprint density at radius 1 is 1.44 bits per heavy atom. The van der Waals surface area contributed by atoms with Gasteiger partial charge in [-0.3, -0.25) is 4.79 Å². The van der Waals surface area contributed by atoms with Gasteiger partial charge in [-0.25, -0.2) is 4.79 Å². The van der Waals surface area contributed by atoms with Crippen LogP contribution in [0.3, 0.4) is 0 Å². The first kappa shape index (κ1) is 12.6. The molecule has 1 saturated carbocycles. The average molecular weight is 247 g/mol. The van der Waals surface area contributed by atoms with Crippen molar-refractivity contribution in [1.82, 2.24) is 4.90 Å². The molecule has 1 aromatic rings. The zero-order valence-corrected chi connectivity index (χ0v) is 10.4. The van der Waals surface area contributed by atoms with E-state index >= 15 is 0 Å². The molecule has 0 radical (unpaired) electrons. The summed E-state index contributed by atoms with van der Waals surface area (Å²) in [5.74, 6) is -0.974. The van der Waals surface area contributed by atoms with Gasteiger partial charge in [0.05, 0.1) is 0 Å². The molecule has 1 aromatic carbocycles. The fraction of sp³-hybridized carbons (Fsp3) is 0.429. The fourth-order valence-corrected chi connectivity index (χ4v) is 2.11. The molecule has 0 aliphatic heterocycles. The molecule has 1 aliphatic carbocycles. The van der Waals surface area contributed by atoms with E-state index in [0.29, 0.717) is 12.0 Å². The van der Waals surface area contributed by atoms with E-state index in [2.05, 4.69) is 0 Å². The number of carbonyl (C=O) groups is 2. The Bertz CT molecular complexity index is 437. The summed E-state index contributed by atoms with van der Waals surface area (Å²) in [6.45, 7) is 2.05. The van der Waals surface area contributed by atoms with E-state index in [0.717, 1.165) is 24.8 Å². The van der Waals surface area contributed by atoms with Crippen molar-refractivity contribution in [3.8, 4) is 0 Å². The van der Waals surface area contributed by atoms with Gasteiger partial charge in [0.15, 0.2) is 6.04 Å². The summed E-state index contributed by atoms with van der Waals surface area (Å²) in [6.07, 6.45) is 3.37. The number of hydrogen-bond donors (Lipinski definition) is 1. The second-order valence-electron chi connectivity index (χ2n) is 4.62. The first-order chi connectivity index (χ1) is 8.67. The highest BCUT2D eigenvalue weighted by atomic mass is 16.4. The van der Waals surface area contributed by atoms with Crippen LogP contribution < -0.4 is 0 Å². The number of benzene rings is 1. The summed E-state index contributed by atoms with van der Waals surface area (Å²) in [6, 6.07) is 6.67. The molecule has 0 heterocycles. The SMILES string of the molecule is CCc1ccc(C(C(=O)O)N(C=O)C2CC2)cc1. The van der Waals surface area contributed by atoms with E-state index in [4.69, 9.17) is 0 Å². The predicted octanol–water partition coefficient (Wildman–Crippen LogP) is 2.00. The standard InChI is InChI=1S/C14H17NO3/c1-2-10-3-5-11(6-4-10)13(14(17)18)15(9-16)12-7-8-12/h3-6,9,12-13H,2,7-8H2,1H3,(H,17,18). The number of carboxylic acids is 1. The molecule has 0 spiro atoms. The molecule has 96 valence electrons. The molecule has 1 amide bonds. The van der Waals surface area contributed by atoms with E-state index in [1.165, 1.54) is 4.90 Å². The zero-order valence-electron chi connectivity index (χ0n) is 10.4. The number of carbonyl (C=O) groups excluding carboxylic acids is 1. The van der Waals surface area contributed by atoms with Crippen LogP contribution >= 0.6 is 0 Å². The van der Waals surface area contributed by atoms with Crippen LogP contribution in [-0.4, -0.2) is 28.4 Å². The van der Waals surface area contributed by atoms with Crippen molar-refractivity contribution in [1.29, 1.82) is 0 Å². The number of nitrogens with zero attached hydrogens (tertiary/aromatic N) is 1.